The highest BCUT2D eigenvalue weighted by Gasteiger charge is 2.25. The van der Waals surface area contributed by atoms with Gasteiger partial charge in [-0.05, 0) is 31.9 Å². The number of rotatable bonds is 8. The molecule has 0 N–H and O–H groups in total. The number of benzene rings is 1. The van der Waals surface area contributed by atoms with Gasteiger partial charge in [0.05, 0.1) is 31.4 Å². The van der Waals surface area contributed by atoms with E-state index in [-0.39, 0.29) is 12.0 Å². The highest BCUT2D eigenvalue weighted by atomic mass is 79.9. The average Bonchev–Trinajstić information content (AvgIpc) is 3.32. The molecule has 5 nitrogen and oxygen atoms in total. The molecule has 3 rings (SSSR count). The van der Waals surface area contributed by atoms with E-state index in [1.807, 2.05) is 36.6 Å². The van der Waals surface area contributed by atoms with E-state index in [9.17, 15) is 4.79 Å². The molecule has 140 valence electrons. The van der Waals surface area contributed by atoms with Crippen LogP contribution in [0, 0.1) is 0 Å². The van der Waals surface area contributed by atoms with Crippen molar-refractivity contribution in [2.24, 2.45) is 0 Å². The summed E-state index contributed by atoms with van der Waals surface area (Å²) in [6.45, 7) is 4.30. The second kappa shape index (κ2) is 9.60. The maximum atomic E-state index is 12.7. The van der Waals surface area contributed by atoms with Gasteiger partial charge in [0.1, 0.15) is 0 Å². The average molecular weight is 439 g/mol. The highest BCUT2D eigenvalue weighted by Crippen LogP contribution is 2.29. The quantitative estimate of drug-likeness (QED) is 0.568. The van der Waals surface area contributed by atoms with Gasteiger partial charge in [-0.15, -0.1) is 11.3 Å². The van der Waals surface area contributed by atoms with Crippen LogP contribution in [-0.2, 0) is 14.3 Å². The maximum Gasteiger partial charge on any atom is 0.231 e. The first-order valence-electron chi connectivity index (χ1n) is 8.88. The van der Waals surface area contributed by atoms with Gasteiger partial charge in [-0.3, -0.25) is 9.69 Å². The normalized spacial score (nSPS) is 16.8. The number of carbonyl (C=O) groups excluding carboxylic acids is 1. The number of carbonyl (C=O) groups is 1. The van der Waals surface area contributed by atoms with Gasteiger partial charge in [0.25, 0.3) is 0 Å². The summed E-state index contributed by atoms with van der Waals surface area (Å²) in [5, 5.41) is 2.72. The van der Waals surface area contributed by atoms with Crippen LogP contribution >= 0.6 is 27.3 Å². The van der Waals surface area contributed by atoms with Crippen molar-refractivity contribution in [3.05, 3.63) is 34.1 Å². The molecule has 1 aliphatic heterocycles. The third-order valence-corrected chi connectivity index (χ3v) is 5.63. The Kier molecular flexibility index (Phi) is 7.19. The molecule has 2 heterocycles. The number of anilines is 1. The fourth-order valence-corrected chi connectivity index (χ4v) is 3.98. The number of amides is 1. The Labute approximate surface area is 166 Å². The van der Waals surface area contributed by atoms with Crippen LogP contribution in [-0.4, -0.2) is 43.4 Å². The molecule has 1 aliphatic rings. The molecule has 1 fully saturated rings. The Hall–Kier alpha value is -1.28. The van der Waals surface area contributed by atoms with Crippen molar-refractivity contribution >= 4 is 38.3 Å². The Morgan fingerprint density at radius 3 is 2.92 bits per heavy atom. The molecule has 1 amide bonds. The topological polar surface area (TPSA) is 51.7 Å². The monoisotopic (exact) mass is 438 g/mol. The summed E-state index contributed by atoms with van der Waals surface area (Å²) in [5.41, 5.74) is 1.92. The van der Waals surface area contributed by atoms with E-state index in [1.165, 1.54) is 11.3 Å². The van der Waals surface area contributed by atoms with E-state index in [1.54, 1.807) is 4.90 Å². The lowest BCUT2D eigenvalue weighted by atomic mass is 10.2. The Balaban J connectivity index is 1.76. The summed E-state index contributed by atoms with van der Waals surface area (Å²) < 4.78 is 12.1. The summed E-state index contributed by atoms with van der Waals surface area (Å²) in [6.07, 6.45) is 2.48. The molecule has 0 bridgehead atoms. The van der Waals surface area contributed by atoms with Crippen molar-refractivity contribution < 1.29 is 14.3 Å². The fourth-order valence-electron chi connectivity index (χ4n) is 2.86. The number of thiazole rings is 1. The fraction of sp³-hybridized carbons (Fsp3) is 0.474. The van der Waals surface area contributed by atoms with E-state index in [2.05, 4.69) is 15.9 Å². The lowest BCUT2D eigenvalue weighted by molar-refractivity contribution is -0.120. The van der Waals surface area contributed by atoms with Crippen molar-refractivity contribution in [1.82, 2.24) is 4.98 Å². The van der Waals surface area contributed by atoms with Gasteiger partial charge in [0.2, 0.25) is 5.91 Å². The molecule has 26 heavy (non-hydrogen) atoms. The van der Waals surface area contributed by atoms with Gasteiger partial charge in [-0.1, -0.05) is 28.1 Å². The summed E-state index contributed by atoms with van der Waals surface area (Å²) in [4.78, 5) is 19.2. The van der Waals surface area contributed by atoms with Gasteiger partial charge in [0, 0.05) is 28.6 Å². The van der Waals surface area contributed by atoms with Crippen LogP contribution in [0.25, 0.3) is 11.3 Å². The van der Waals surface area contributed by atoms with Crippen LogP contribution in [0.2, 0.25) is 0 Å². The number of ether oxygens (including phenoxy) is 2. The predicted octanol–water partition coefficient (Wildman–Crippen LogP) is 4.51. The second-order valence-electron chi connectivity index (χ2n) is 6.11. The minimum atomic E-state index is 0.0330. The molecule has 1 aromatic carbocycles. The highest BCUT2D eigenvalue weighted by molar-refractivity contribution is 9.10. The number of nitrogens with zero attached hydrogens (tertiary/aromatic N) is 2. The van der Waals surface area contributed by atoms with Crippen molar-refractivity contribution in [2.75, 3.05) is 31.3 Å². The van der Waals surface area contributed by atoms with E-state index in [0.29, 0.717) is 26.2 Å². The molecule has 0 saturated carbocycles. The van der Waals surface area contributed by atoms with Crippen molar-refractivity contribution in [2.45, 2.75) is 32.3 Å². The Morgan fingerprint density at radius 2 is 2.23 bits per heavy atom. The molecule has 0 spiro atoms. The minimum absolute atomic E-state index is 0.0330. The maximum absolute atomic E-state index is 12.7. The molecular formula is C19H23BrN2O3S. The van der Waals surface area contributed by atoms with Crippen LogP contribution in [0.1, 0.15) is 26.2 Å². The van der Waals surface area contributed by atoms with Crippen molar-refractivity contribution in [3.63, 3.8) is 0 Å². The molecule has 1 unspecified atom stereocenters. The Bertz CT molecular complexity index is 714. The van der Waals surface area contributed by atoms with Crippen LogP contribution in [0.15, 0.2) is 34.1 Å². The van der Waals surface area contributed by atoms with Crippen LogP contribution in [0.4, 0.5) is 5.13 Å². The summed E-state index contributed by atoms with van der Waals surface area (Å²) >= 11 is 4.94. The first kappa shape index (κ1) is 19.5. The van der Waals surface area contributed by atoms with E-state index < -0.39 is 0 Å². The minimum Gasteiger partial charge on any atom is -0.381 e. The smallest absolute Gasteiger partial charge is 0.231 e. The number of hydrogen-bond acceptors (Lipinski definition) is 5. The van der Waals surface area contributed by atoms with Gasteiger partial charge in [0.15, 0.2) is 5.13 Å². The lowest BCUT2D eigenvalue weighted by Crippen LogP contribution is -2.38. The molecule has 1 aromatic heterocycles. The molecule has 1 saturated heterocycles. The molecule has 0 radical (unpaired) electrons. The summed E-state index contributed by atoms with van der Waals surface area (Å²) in [5.74, 6) is 0.0330. The first-order chi connectivity index (χ1) is 12.7. The van der Waals surface area contributed by atoms with Crippen LogP contribution in [0.3, 0.4) is 0 Å². The van der Waals surface area contributed by atoms with Crippen molar-refractivity contribution in [3.8, 4) is 11.3 Å². The van der Waals surface area contributed by atoms with Crippen molar-refractivity contribution in [1.29, 1.82) is 0 Å². The zero-order valence-corrected chi connectivity index (χ0v) is 17.2. The largest absolute Gasteiger partial charge is 0.381 e. The predicted molar refractivity (Wildman–Crippen MR) is 108 cm³/mol. The third-order valence-electron chi connectivity index (χ3n) is 4.24. The standard InChI is InChI=1S/C19H23BrN2O3S/c1-2-24-11-9-18(23)22(12-16-4-3-10-25-16)19-21-17(13-26-19)14-5-7-15(20)8-6-14/h5-8,13,16H,2-4,9-12H2,1H3. The zero-order chi connectivity index (χ0) is 18.4. The molecule has 2 aromatic rings. The third kappa shape index (κ3) is 5.13. The van der Waals surface area contributed by atoms with E-state index in [4.69, 9.17) is 14.5 Å². The van der Waals surface area contributed by atoms with Gasteiger partial charge in [-0.2, -0.15) is 0 Å². The number of aromatic nitrogens is 1. The first-order valence-corrected chi connectivity index (χ1v) is 10.6. The van der Waals surface area contributed by atoms with Crippen LogP contribution < -0.4 is 4.90 Å². The van der Waals surface area contributed by atoms with Gasteiger partial charge in [-0.25, -0.2) is 4.98 Å². The summed E-state index contributed by atoms with van der Waals surface area (Å²) in [6, 6.07) is 8.02. The van der Waals surface area contributed by atoms with Gasteiger partial charge < -0.3 is 9.47 Å². The van der Waals surface area contributed by atoms with Crippen LogP contribution in [0.5, 0.6) is 0 Å². The Morgan fingerprint density at radius 1 is 1.42 bits per heavy atom. The molecule has 0 aliphatic carbocycles. The summed E-state index contributed by atoms with van der Waals surface area (Å²) in [7, 11) is 0. The molecule has 1 atom stereocenters. The van der Waals surface area contributed by atoms with E-state index >= 15 is 0 Å². The lowest BCUT2D eigenvalue weighted by Gasteiger charge is -2.23. The van der Waals surface area contributed by atoms with Gasteiger partial charge >= 0.3 is 0 Å². The molecular weight excluding hydrogens is 416 g/mol. The zero-order valence-electron chi connectivity index (χ0n) is 14.8. The number of halogens is 1. The second-order valence-corrected chi connectivity index (χ2v) is 7.86. The van der Waals surface area contributed by atoms with E-state index in [0.717, 1.165) is 40.3 Å². The SMILES string of the molecule is CCOCCC(=O)N(CC1CCCO1)c1nc(-c2ccc(Br)cc2)cs1. The molecule has 7 heteroatoms. The number of hydrogen-bond donors (Lipinski definition) is 0.